The van der Waals surface area contributed by atoms with Gasteiger partial charge >= 0.3 is 6.09 Å². The topological polar surface area (TPSA) is 63.5 Å². The van der Waals surface area contributed by atoms with E-state index in [4.69, 9.17) is 9.15 Å². The maximum Gasteiger partial charge on any atom is 0.408 e. The number of nitrogens with one attached hydrogen (secondary N) is 2. The fraction of sp³-hybridized carbons (Fsp3) is 0.526. The number of carbonyl (C=O) groups is 1. The van der Waals surface area contributed by atoms with Gasteiger partial charge in [0.2, 0.25) is 0 Å². The van der Waals surface area contributed by atoms with Gasteiger partial charge < -0.3 is 19.8 Å². The Labute approximate surface area is 157 Å². The highest BCUT2D eigenvalue weighted by Crippen LogP contribution is 2.26. The lowest BCUT2D eigenvalue weighted by Gasteiger charge is -2.29. The summed E-state index contributed by atoms with van der Waals surface area (Å²) in [4.78, 5) is 12.0. The number of hydrogen-bond donors (Lipinski definition) is 2. The first-order valence-electron chi connectivity index (χ1n) is 8.39. The Kier molecular flexibility index (Phi) is 5.84. The van der Waals surface area contributed by atoms with Crippen LogP contribution in [0.25, 0.3) is 11.0 Å². The van der Waals surface area contributed by atoms with E-state index in [1.165, 1.54) is 0 Å². The van der Waals surface area contributed by atoms with Crippen LogP contribution >= 0.6 is 15.9 Å². The van der Waals surface area contributed by atoms with Crippen molar-refractivity contribution in [2.24, 2.45) is 0 Å². The summed E-state index contributed by atoms with van der Waals surface area (Å²) in [5, 5.41) is 7.36. The lowest BCUT2D eigenvalue weighted by atomic mass is 10.1. The third-order valence-corrected chi connectivity index (χ3v) is 4.11. The van der Waals surface area contributed by atoms with E-state index < -0.39 is 17.2 Å². The first kappa shape index (κ1) is 19.8. The second-order valence-corrected chi connectivity index (χ2v) is 8.86. The molecule has 25 heavy (non-hydrogen) atoms. The quantitative estimate of drug-likeness (QED) is 0.715. The van der Waals surface area contributed by atoms with Gasteiger partial charge in [0.1, 0.15) is 16.9 Å². The summed E-state index contributed by atoms with van der Waals surface area (Å²) in [7, 11) is 0. The molecule has 0 aliphatic rings. The number of alkyl carbamates (subject to hydrolysis) is 1. The molecule has 0 fully saturated rings. The maximum atomic E-state index is 12.0. The van der Waals surface area contributed by atoms with Gasteiger partial charge in [-0.3, -0.25) is 0 Å². The van der Waals surface area contributed by atoms with Crippen molar-refractivity contribution < 1.29 is 13.9 Å². The first-order chi connectivity index (χ1) is 11.5. The third-order valence-electron chi connectivity index (χ3n) is 3.61. The van der Waals surface area contributed by atoms with Gasteiger partial charge in [0.05, 0.1) is 11.6 Å². The molecule has 1 unspecified atom stereocenters. The van der Waals surface area contributed by atoms with Crippen molar-refractivity contribution in [2.75, 3.05) is 6.54 Å². The molecule has 6 heteroatoms. The van der Waals surface area contributed by atoms with Gasteiger partial charge in [-0.1, -0.05) is 15.9 Å². The normalized spacial score (nSPS) is 13.7. The molecule has 1 amide bonds. The molecule has 2 rings (SSSR count). The number of halogens is 1. The van der Waals surface area contributed by atoms with Crippen LogP contribution in [0.1, 0.15) is 53.3 Å². The van der Waals surface area contributed by atoms with Crippen LogP contribution < -0.4 is 10.6 Å². The van der Waals surface area contributed by atoms with Crippen LogP contribution in [0.5, 0.6) is 0 Å². The molecular weight excluding hydrogens is 384 g/mol. The Morgan fingerprint density at radius 1 is 1.24 bits per heavy atom. The second kappa shape index (κ2) is 7.38. The number of fused-ring (bicyclic) bond motifs is 1. The van der Waals surface area contributed by atoms with Crippen LogP contribution in [0.4, 0.5) is 4.79 Å². The van der Waals surface area contributed by atoms with Crippen LogP contribution in [-0.2, 0) is 4.74 Å². The van der Waals surface area contributed by atoms with Crippen LogP contribution in [0.2, 0.25) is 0 Å². The molecule has 1 aromatic heterocycles. The van der Waals surface area contributed by atoms with Crippen molar-refractivity contribution in [3.05, 3.63) is 34.5 Å². The summed E-state index contributed by atoms with van der Waals surface area (Å²) in [6, 6.07) is 7.99. The summed E-state index contributed by atoms with van der Waals surface area (Å²) in [5.74, 6) is 0.862. The minimum atomic E-state index is -0.510. The summed E-state index contributed by atoms with van der Waals surface area (Å²) in [6.07, 6.45) is -0.416. The van der Waals surface area contributed by atoms with Crippen LogP contribution in [0, 0.1) is 0 Å². The Bertz CT molecular complexity index is 747. The third kappa shape index (κ3) is 6.04. The van der Waals surface area contributed by atoms with E-state index in [1.54, 1.807) is 0 Å². The Morgan fingerprint density at radius 2 is 1.92 bits per heavy atom. The van der Waals surface area contributed by atoms with E-state index in [2.05, 4.69) is 26.6 Å². The average molecular weight is 411 g/mol. The highest BCUT2D eigenvalue weighted by atomic mass is 79.9. The number of benzene rings is 1. The number of furan rings is 1. The van der Waals surface area contributed by atoms with E-state index >= 15 is 0 Å². The molecular formula is C19H27BrN2O3. The molecule has 0 saturated carbocycles. The Morgan fingerprint density at radius 3 is 2.56 bits per heavy atom. The molecule has 0 bridgehead atoms. The monoisotopic (exact) mass is 410 g/mol. The molecule has 0 saturated heterocycles. The average Bonchev–Trinajstić information content (AvgIpc) is 2.85. The fourth-order valence-corrected chi connectivity index (χ4v) is 2.76. The van der Waals surface area contributed by atoms with Gasteiger partial charge in [-0.2, -0.15) is 0 Å². The predicted molar refractivity (Wildman–Crippen MR) is 104 cm³/mol. The Hall–Kier alpha value is -1.53. The zero-order valence-corrected chi connectivity index (χ0v) is 17.3. The van der Waals surface area contributed by atoms with Crippen molar-refractivity contribution in [2.45, 2.75) is 58.7 Å². The minimum absolute atomic E-state index is 0.0193. The number of carbonyl (C=O) groups excluding carboxylic acids is 1. The number of hydrogen-bond acceptors (Lipinski definition) is 4. The second-order valence-electron chi connectivity index (χ2n) is 7.94. The summed E-state index contributed by atoms with van der Waals surface area (Å²) in [5.41, 5.74) is -0.104. The molecule has 0 aliphatic carbocycles. The van der Waals surface area contributed by atoms with Crippen LogP contribution in [-0.4, -0.2) is 23.8 Å². The summed E-state index contributed by atoms with van der Waals surface area (Å²) < 4.78 is 12.2. The SMILES string of the molecule is CC(NCC(C)(C)NC(=O)OC(C)(C)C)c1cc2cc(Br)ccc2o1. The molecule has 2 N–H and O–H groups in total. The van der Waals surface area contributed by atoms with Gasteiger partial charge in [0.15, 0.2) is 0 Å². The number of ether oxygens (including phenoxy) is 1. The number of rotatable bonds is 5. The van der Waals surface area contributed by atoms with Crippen molar-refractivity contribution >= 4 is 33.0 Å². The van der Waals surface area contributed by atoms with Crippen molar-refractivity contribution in [1.82, 2.24) is 10.6 Å². The maximum absolute atomic E-state index is 12.0. The molecule has 1 heterocycles. The molecule has 0 radical (unpaired) electrons. The van der Waals surface area contributed by atoms with Gasteiger partial charge in [0, 0.05) is 16.4 Å². The van der Waals surface area contributed by atoms with Gasteiger partial charge in [-0.05, 0) is 65.8 Å². The molecule has 0 spiro atoms. The van der Waals surface area contributed by atoms with E-state index in [9.17, 15) is 4.79 Å². The molecule has 2 aromatic rings. The van der Waals surface area contributed by atoms with Crippen LogP contribution in [0.15, 0.2) is 33.2 Å². The lowest BCUT2D eigenvalue weighted by molar-refractivity contribution is 0.0470. The lowest BCUT2D eigenvalue weighted by Crippen LogP contribution is -2.51. The van der Waals surface area contributed by atoms with Crippen molar-refractivity contribution in [3.63, 3.8) is 0 Å². The molecule has 1 aromatic carbocycles. The Balaban J connectivity index is 1.95. The summed E-state index contributed by atoms with van der Waals surface area (Å²) in [6.45, 7) is 12.1. The van der Waals surface area contributed by atoms with Gasteiger partial charge in [0.25, 0.3) is 0 Å². The zero-order chi connectivity index (χ0) is 18.8. The van der Waals surface area contributed by atoms with Gasteiger partial charge in [-0.25, -0.2) is 4.79 Å². The minimum Gasteiger partial charge on any atom is -0.459 e. The fourth-order valence-electron chi connectivity index (χ4n) is 2.38. The standard InChI is InChI=1S/C19H27BrN2O3/c1-12(16-10-13-9-14(20)7-8-15(13)24-16)21-11-19(5,6)22-17(23)25-18(2,3)4/h7-10,12,21H,11H2,1-6H3,(H,22,23). The zero-order valence-electron chi connectivity index (χ0n) is 15.7. The smallest absolute Gasteiger partial charge is 0.408 e. The van der Waals surface area contributed by atoms with Gasteiger partial charge in [-0.15, -0.1) is 0 Å². The predicted octanol–water partition coefficient (Wildman–Crippen LogP) is 5.15. The molecule has 1 atom stereocenters. The van der Waals surface area contributed by atoms with E-state index in [1.807, 2.05) is 65.8 Å². The highest BCUT2D eigenvalue weighted by molar-refractivity contribution is 9.10. The number of amides is 1. The van der Waals surface area contributed by atoms with E-state index in [0.29, 0.717) is 6.54 Å². The largest absolute Gasteiger partial charge is 0.459 e. The van der Waals surface area contributed by atoms with Crippen molar-refractivity contribution in [3.8, 4) is 0 Å². The van der Waals surface area contributed by atoms with E-state index in [0.717, 1.165) is 21.2 Å². The summed E-state index contributed by atoms with van der Waals surface area (Å²) >= 11 is 3.47. The highest BCUT2D eigenvalue weighted by Gasteiger charge is 2.25. The first-order valence-corrected chi connectivity index (χ1v) is 9.18. The molecule has 0 aliphatic heterocycles. The molecule has 5 nitrogen and oxygen atoms in total. The van der Waals surface area contributed by atoms with Crippen LogP contribution in [0.3, 0.4) is 0 Å². The van der Waals surface area contributed by atoms with E-state index in [-0.39, 0.29) is 6.04 Å². The molecule has 138 valence electrons. The van der Waals surface area contributed by atoms with Crippen molar-refractivity contribution in [1.29, 1.82) is 0 Å².